The van der Waals surface area contributed by atoms with Crippen molar-refractivity contribution in [2.45, 2.75) is 77.9 Å². The van der Waals surface area contributed by atoms with Gasteiger partial charge < -0.3 is 9.64 Å². The van der Waals surface area contributed by atoms with Crippen molar-refractivity contribution < 1.29 is 24.3 Å². The number of amides is 2. The number of hydroxylamine groups is 1. The van der Waals surface area contributed by atoms with E-state index in [1.165, 1.54) is 4.90 Å². The number of hydrogen-bond donors (Lipinski definition) is 2. The summed E-state index contributed by atoms with van der Waals surface area (Å²) < 4.78 is 5.26. The quantitative estimate of drug-likeness (QED) is 0.225. The topological polar surface area (TPSA) is 95.9 Å². The van der Waals surface area contributed by atoms with Crippen LogP contribution in [0.4, 0.5) is 0 Å². The number of nitrogens with zero attached hydrogens (tertiary/aromatic N) is 1. The van der Waals surface area contributed by atoms with Crippen molar-refractivity contribution in [1.82, 2.24) is 10.4 Å². The molecule has 1 rings (SSSR count). The zero-order chi connectivity index (χ0) is 21.6. The first-order valence-corrected chi connectivity index (χ1v) is 10.4. The minimum absolute atomic E-state index is 0.0670. The summed E-state index contributed by atoms with van der Waals surface area (Å²) in [5, 5.41) is 8.96. The van der Waals surface area contributed by atoms with Crippen molar-refractivity contribution in [1.29, 1.82) is 0 Å². The van der Waals surface area contributed by atoms with Crippen LogP contribution in [-0.4, -0.2) is 40.5 Å². The summed E-state index contributed by atoms with van der Waals surface area (Å²) >= 11 is 0. The molecule has 0 saturated heterocycles. The molecule has 0 aliphatic heterocycles. The third-order valence-corrected chi connectivity index (χ3v) is 4.54. The molecule has 1 aromatic rings. The molecule has 0 aliphatic rings. The summed E-state index contributed by atoms with van der Waals surface area (Å²) in [7, 11) is 0. The summed E-state index contributed by atoms with van der Waals surface area (Å²) in [5.41, 5.74) is 2.31. The molecule has 1 atom stereocenters. The fourth-order valence-corrected chi connectivity index (χ4v) is 3.14. The lowest BCUT2D eigenvalue weighted by Crippen LogP contribution is -2.43. The molecule has 0 radical (unpaired) electrons. The molecule has 0 saturated carbocycles. The SMILES string of the molecule is CCCCCCCC(=O)N(CC(=O)NO)[C@H](CC(=O)OC(C)C)c1ccccc1. The maximum absolute atomic E-state index is 13.0. The predicted molar refractivity (Wildman–Crippen MR) is 110 cm³/mol. The second kappa shape index (κ2) is 13.7. The van der Waals surface area contributed by atoms with Crippen LogP contribution in [0.25, 0.3) is 0 Å². The fraction of sp³-hybridized carbons (Fsp3) is 0.591. The average molecular weight is 407 g/mol. The maximum atomic E-state index is 13.0. The highest BCUT2D eigenvalue weighted by atomic mass is 16.5. The Kier molecular flexibility index (Phi) is 11.6. The molecule has 0 unspecified atom stereocenters. The number of ether oxygens (including phenoxy) is 1. The number of esters is 1. The van der Waals surface area contributed by atoms with Gasteiger partial charge in [0.2, 0.25) is 5.91 Å². The molecule has 0 aliphatic carbocycles. The van der Waals surface area contributed by atoms with E-state index in [2.05, 4.69) is 6.92 Å². The largest absolute Gasteiger partial charge is 0.463 e. The molecule has 0 heterocycles. The van der Waals surface area contributed by atoms with Crippen LogP contribution in [0.15, 0.2) is 30.3 Å². The van der Waals surface area contributed by atoms with Crippen molar-refractivity contribution in [2.75, 3.05) is 6.54 Å². The third-order valence-electron chi connectivity index (χ3n) is 4.54. The highest BCUT2D eigenvalue weighted by molar-refractivity contribution is 5.85. The Balaban J connectivity index is 3.02. The maximum Gasteiger partial charge on any atom is 0.308 e. The van der Waals surface area contributed by atoms with Crippen LogP contribution in [0, 0.1) is 0 Å². The van der Waals surface area contributed by atoms with Gasteiger partial charge in [0.15, 0.2) is 0 Å². The number of nitrogens with one attached hydrogen (secondary N) is 1. The Morgan fingerprint density at radius 3 is 2.31 bits per heavy atom. The summed E-state index contributed by atoms with van der Waals surface area (Å²) in [4.78, 5) is 38.5. The van der Waals surface area contributed by atoms with Crippen LogP contribution in [0.1, 0.15) is 77.3 Å². The predicted octanol–water partition coefficient (Wildman–Crippen LogP) is 3.76. The van der Waals surface area contributed by atoms with Crippen LogP contribution >= 0.6 is 0 Å². The van der Waals surface area contributed by atoms with Gasteiger partial charge in [0, 0.05) is 6.42 Å². The smallest absolute Gasteiger partial charge is 0.308 e. The van der Waals surface area contributed by atoms with Crippen LogP contribution < -0.4 is 5.48 Å². The molecule has 7 nitrogen and oxygen atoms in total. The molecule has 2 amide bonds. The first-order valence-electron chi connectivity index (χ1n) is 10.4. The number of rotatable bonds is 13. The van der Waals surface area contributed by atoms with Gasteiger partial charge in [-0.3, -0.25) is 19.6 Å². The lowest BCUT2D eigenvalue weighted by molar-refractivity contribution is -0.151. The van der Waals surface area contributed by atoms with Gasteiger partial charge in [-0.25, -0.2) is 5.48 Å². The summed E-state index contributed by atoms with van der Waals surface area (Å²) in [5.74, 6) is -1.38. The number of hydrogen-bond acceptors (Lipinski definition) is 5. The van der Waals surface area contributed by atoms with Gasteiger partial charge in [0.05, 0.1) is 18.6 Å². The van der Waals surface area contributed by atoms with Crippen LogP contribution in [0.2, 0.25) is 0 Å². The van der Waals surface area contributed by atoms with Crippen LogP contribution in [-0.2, 0) is 19.1 Å². The standard InChI is InChI=1S/C22H34N2O5/c1-4-5-6-7-11-14-21(26)24(16-20(25)23-28)19(15-22(27)29-17(2)3)18-12-9-8-10-13-18/h8-10,12-13,17,19,28H,4-7,11,14-16H2,1-3H3,(H,23,25)/t19-/m1/s1. The molecular formula is C22H34N2O5. The second-order valence-corrected chi connectivity index (χ2v) is 7.39. The van der Waals surface area contributed by atoms with Gasteiger partial charge in [0.25, 0.3) is 5.91 Å². The normalized spacial score (nSPS) is 11.8. The van der Waals surface area contributed by atoms with Crippen molar-refractivity contribution in [3.05, 3.63) is 35.9 Å². The fourth-order valence-electron chi connectivity index (χ4n) is 3.14. The van der Waals surface area contributed by atoms with E-state index in [-0.39, 0.29) is 31.4 Å². The molecule has 7 heteroatoms. The average Bonchev–Trinajstić information content (AvgIpc) is 2.70. The number of unbranched alkanes of at least 4 members (excludes halogenated alkanes) is 4. The third kappa shape index (κ3) is 9.56. The van der Waals surface area contributed by atoms with E-state index in [9.17, 15) is 14.4 Å². The summed E-state index contributed by atoms with van der Waals surface area (Å²) in [6.45, 7) is 5.31. The minimum atomic E-state index is -0.706. The zero-order valence-electron chi connectivity index (χ0n) is 17.7. The van der Waals surface area contributed by atoms with E-state index in [1.54, 1.807) is 19.3 Å². The summed E-state index contributed by atoms with van der Waals surface area (Å²) in [6, 6.07) is 8.44. The highest BCUT2D eigenvalue weighted by Gasteiger charge is 2.29. The van der Waals surface area contributed by atoms with Gasteiger partial charge in [-0.2, -0.15) is 0 Å². The van der Waals surface area contributed by atoms with E-state index < -0.39 is 17.9 Å². The van der Waals surface area contributed by atoms with Crippen molar-refractivity contribution in [3.8, 4) is 0 Å². The Bertz CT molecular complexity index is 633. The first kappa shape index (κ1) is 24.6. The molecular weight excluding hydrogens is 372 g/mol. The van der Waals surface area contributed by atoms with Crippen molar-refractivity contribution in [2.24, 2.45) is 0 Å². The van der Waals surface area contributed by atoms with Gasteiger partial charge in [-0.05, 0) is 25.8 Å². The summed E-state index contributed by atoms with van der Waals surface area (Å²) in [6.07, 6.45) is 4.89. The number of carbonyl (C=O) groups is 3. The second-order valence-electron chi connectivity index (χ2n) is 7.39. The molecule has 0 fully saturated rings. The Morgan fingerprint density at radius 1 is 1.07 bits per heavy atom. The molecule has 162 valence electrons. The van der Waals surface area contributed by atoms with Crippen LogP contribution in [0.3, 0.4) is 0 Å². The first-order chi connectivity index (χ1) is 13.9. The molecule has 2 N–H and O–H groups in total. The van der Waals surface area contributed by atoms with E-state index in [0.29, 0.717) is 6.42 Å². The van der Waals surface area contributed by atoms with Gasteiger partial charge >= 0.3 is 5.97 Å². The van der Waals surface area contributed by atoms with Gasteiger partial charge in [-0.15, -0.1) is 0 Å². The van der Waals surface area contributed by atoms with Gasteiger partial charge in [-0.1, -0.05) is 62.9 Å². The number of carbonyl (C=O) groups excluding carboxylic acids is 3. The zero-order valence-corrected chi connectivity index (χ0v) is 17.7. The monoisotopic (exact) mass is 406 g/mol. The van der Waals surface area contributed by atoms with Crippen LogP contribution in [0.5, 0.6) is 0 Å². The Labute approximate surface area is 173 Å². The highest BCUT2D eigenvalue weighted by Crippen LogP contribution is 2.26. The van der Waals surface area contributed by atoms with Gasteiger partial charge in [0.1, 0.15) is 6.54 Å². The lowest BCUT2D eigenvalue weighted by atomic mass is 10.0. The van der Waals surface area contributed by atoms with Crippen molar-refractivity contribution >= 4 is 17.8 Å². The minimum Gasteiger partial charge on any atom is -0.463 e. The molecule has 0 bridgehead atoms. The molecule has 1 aromatic carbocycles. The Hall–Kier alpha value is -2.41. The van der Waals surface area contributed by atoms with E-state index >= 15 is 0 Å². The van der Waals surface area contributed by atoms with E-state index in [4.69, 9.17) is 9.94 Å². The Morgan fingerprint density at radius 2 is 1.72 bits per heavy atom. The lowest BCUT2D eigenvalue weighted by Gasteiger charge is -2.31. The number of benzene rings is 1. The van der Waals surface area contributed by atoms with E-state index in [0.717, 1.165) is 31.2 Å². The van der Waals surface area contributed by atoms with Crippen molar-refractivity contribution in [3.63, 3.8) is 0 Å². The molecule has 0 aromatic heterocycles. The van der Waals surface area contributed by atoms with E-state index in [1.807, 2.05) is 30.3 Å². The molecule has 0 spiro atoms. The molecule has 29 heavy (non-hydrogen) atoms.